The first-order valence-electron chi connectivity index (χ1n) is 4.89. The Morgan fingerprint density at radius 1 is 1.53 bits per heavy atom. The van der Waals surface area contributed by atoms with Crippen molar-refractivity contribution in [1.82, 2.24) is 0 Å². The van der Waals surface area contributed by atoms with E-state index >= 15 is 0 Å². The lowest BCUT2D eigenvalue weighted by molar-refractivity contribution is -0.384. The minimum absolute atomic E-state index is 0.0219. The van der Waals surface area contributed by atoms with Crippen LogP contribution in [0.1, 0.15) is 11.1 Å². The lowest BCUT2D eigenvalue weighted by atomic mass is 10.0. The summed E-state index contributed by atoms with van der Waals surface area (Å²) >= 11 is 5.77. The van der Waals surface area contributed by atoms with Crippen molar-refractivity contribution in [2.45, 2.75) is 13.3 Å². The van der Waals surface area contributed by atoms with E-state index in [9.17, 15) is 14.9 Å². The third-order valence-electron chi connectivity index (χ3n) is 2.30. The van der Waals surface area contributed by atoms with Crippen molar-refractivity contribution < 1.29 is 14.5 Å². The van der Waals surface area contributed by atoms with Gasteiger partial charge >= 0.3 is 0 Å². The number of hydrogen-bond acceptors (Lipinski definition) is 4. The molecule has 0 heterocycles. The van der Waals surface area contributed by atoms with Gasteiger partial charge in [-0.1, -0.05) is 11.6 Å². The third kappa shape index (κ3) is 3.51. The van der Waals surface area contributed by atoms with Crippen LogP contribution < -0.4 is 0 Å². The Balaban J connectivity index is 2.99. The molecule has 0 atom stereocenters. The van der Waals surface area contributed by atoms with Crippen molar-refractivity contribution in [2.24, 2.45) is 0 Å². The van der Waals surface area contributed by atoms with E-state index in [1.807, 2.05) is 0 Å². The number of rotatable bonds is 5. The first-order chi connectivity index (χ1) is 7.95. The molecule has 1 aromatic carbocycles. The highest BCUT2D eigenvalue weighted by molar-refractivity contribution is 6.32. The van der Waals surface area contributed by atoms with Crippen LogP contribution in [-0.4, -0.2) is 24.4 Å². The largest absolute Gasteiger partial charge is 0.377 e. The molecular formula is C11H12ClNO4. The topological polar surface area (TPSA) is 69.4 Å². The van der Waals surface area contributed by atoms with Crippen LogP contribution >= 0.6 is 11.6 Å². The van der Waals surface area contributed by atoms with Crippen LogP contribution in [0.5, 0.6) is 0 Å². The predicted octanol–water partition coefficient (Wildman–Crippen LogP) is 2.31. The van der Waals surface area contributed by atoms with Gasteiger partial charge in [-0.3, -0.25) is 14.9 Å². The van der Waals surface area contributed by atoms with E-state index in [1.165, 1.54) is 19.2 Å². The Bertz CT molecular complexity index is 459. The Morgan fingerprint density at radius 3 is 2.71 bits per heavy atom. The van der Waals surface area contributed by atoms with Crippen molar-refractivity contribution in [2.75, 3.05) is 13.7 Å². The van der Waals surface area contributed by atoms with Crippen LogP contribution in [0.4, 0.5) is 5.69 Å². The molecule has 0 radical (unpaired) electrons. The van der Waals surface area contributed by atoms with Gasteiger partial charge in [-0.2, -0.15) is 0 Å². The molecule has 1 rings (SSSR count). The van der Waals surface area contributed by atoms with Crippen LogP contribution in [-0.2, 0) is 16.0 Å². The van der Waals surface area contributed by atoms with Gasteiger partial charge in [-0.25, -0.2) is 0 Å². The summed E-state index contributed by atoms with van der Waals surface area (Å²) in [5.74, 6) is -0.0967. The maximum Gasteiger partial charge on any atom is 0.288 e. The highest BCUT2D eigenvalue weighted by Gasteiger charge is 2.16. The zero-order valence-electron chi connectivity index (χ0n) is 9.53. The van der Waals surface area contributed by atoms with Gasteiger partial charge in [0.05, 0.1) is 4.92 Å². The first kappa shape index (κ1) is 13.6. The van der Waals surface area contributed by atoms with Crippen molar-refractivity contribution in [3.8, 4) is 0 Å². The average molecular weight is 258 g/mol. The average Bonchev–Trinajstić information content (AvgIpc) is 2.22. The second-order valence-corrected chi connectivity index (χ2v) is 4.04. The maximum absolute atomic E-state index is 11.4. The van der Waals surface area contributed by atoms with Gasteiger partial charge < -0.3 is 4.74 Å². The molecule has 0 aliphatic carbocycles. The number of ketones is 1. The normalized spacial score (nSPS) is 10.3. The minimum Gasteiger partial charge on any atom is -0.377 e. The zero-order valence-corrected chi connectivity index (χ0v) is 10.3. The highest BCUT2D eigenvalue weighted by Crippen LogP contribution is 2.28. The van der Waals surface area contributed by atoms with E-state index in [0.29, 0.717) is 11.1 Å². The Kier molecular flexibility index (Phi) is 4.60. The monoisotopic (exact) mass is 257 g/mol. The van der Waals surface area contributed by atoms with Gasteiger partial charge in [0.15, 0.2) is 5.78 Å². The van der Waals surface area contributed by atoms with Gasteiger partial charge in [0, 0.05) is 19.6 Å². The number of methoxy groups -OCH3 is 1. The summed E-state index contributed by atoms with van der Waals surface area (Å²) in [4.78, 5) is 21.5. The maximum atomic E-state index is 11.4. The number of Topliss-reactive ketones (excluding diaryl/α,β-unsaturated/α-hetero) is 1. The summed E-state index contributed by atoms with van der Waals surface area (Å²) < 4.78 is 4.72. The number of carbonyl (C=O) groups excluding carboxylic acids is 1. The van der Waals surface area contributed by atoms with Crippen LogP contribution in [0.2, 0.25) is 5.02 Å². The fraction of sp³-hybridized carbons (Fsp3) is 0.364. The number of halogens is 1. The summed E-state index contributed by atoms with van der Waals surface area (Å²) in [7, 11) is 1.44. The van der Waals surface area contributed by atoms with Crippen molar-refractivity contribution in [3.05, 3.63) is 38.4 Å². The predicted molar refractivity (Wildman–Crippen MR) is 63.4 cm³/mol. The van der Waals surface area contributed by atoms with E-state index in [2.05, 4.69) is 0 Å². The molecular weight excluding hydrogens is 246 g/mol. The molecule has 0 spiro atoms. The first-order valence-corrected chi connectivity index (χ1v) is 5.27. The summed E-state index contributed by atoms with van der Waals surface area (Å²) in [5, 5.41) is 10.7. The molecule has 6 heteroatoms. The smallest absolute Gasteiger partial charge is 0.288 e. The number of nitro groups is 1. The van der Waals surface area contributed by atoms with Crippen molar-refractivity contribution in [1.29, 1.82) is 0 Å². The van der Waals surface area contributed by atoms with E-state index < -0.39 is 4.92 Å². The molecule has 17 heavy (non-hydrogen) atoms. The number of carbonyl (C=O) groups is 1. The van der Waals surface area contributed by atoms with Crippen LogP contribution in [0, 0.1) is 17.0 Å². The lowest BCUT2D eigenvalue weighted by Gasteiger charge is -2.06. The van der Waals surface area contributed by atoms with Crippen molar-refractivity contribution in [3.63, 3.8) is 0 Å². The van der Waals surface area contributed by atoms with Gasteiger partial charge in [0.1, 0.15) is 11.6 Å². The molecule has 0 saturated heterocycles. The summed E-state index contributed by atoms with van der Waals surface area (Å²) in [6, 6.07) is 2.83. The van der Waals surface area contributed by atoms with Crippen molar-refractivity contribution >= 4 is 23.1 Å². The fourth-order valence-electron chi connectivity index (χ4n) is 1.46. The molecule has 5 nitrogen and oxygen atoms in total. The molecule has 92 valence electrons. The number of nitro benzene ring substituents is 1. The number of aryl methyl sites for hydroxylation is 1. The van der Waals surface area contributed by atoms with E-state index in [-0.39, 0.29) is 29.5 Å². The molecule has 0 saturated carbocycles. The highest BCUT2D eigenvalue weighted by atomic mass is 35.5. The molecule has 0 aliphatic rings. The molecule has 0 fully saturated rings. The van der Waals surface area contributed by atoms with Crippen LogP contribution in [0.25, 0.3) is 0 Å². The van der Waals surface area contributed by atoms with Gasteiger partial charge in [-0.05, 0) is 24.1 Å². The molecule has 0 bridgehead atoms. The Labute approximate surface area is 103 Å². The molecule has 0 aromatic heterocycles. The SMILES string of the molecule is COCC(=O)Cc1cc(Cl)c([N+](=O)[O-])cc1C. The summed E-state index contributed by atoms with van der Waals surface area (Å²) in [5.41, 5.74) is 1.21. The number of nitrogens with zero attached hydrogens (tertiary/aromatic N) is 1. The third-order valence-corrected chi connectivity index (χ3v) is 2.60. The molecule has 1 aromatic rings. The second-order valence-electron chi connectivity index (χ2n) is 3.64. The van der Waals surface area contributed by atoms with Gasteiger partial charge in [-0.15, -0.1) is 0 Å². The van der Waals surface area contributed by atoms with Crippen LogP contribution in [0.3, 0.4) is 0 Å². The van der Waals surface area contributed by atoms with E-state index in [4.69, 9.17) is 16.3 Å². The quantitative estimate of drug-likeness (QED) is 0.600. The summed E-state index contributed by atoms with van der Waals surface area (Å²) in [6.45, 7) is 1.73. The summed E-state index contributed by atoms with van der Waals surface area (Å²) in [6.07, 6.45) is 0.164. The molecule has 0 amide bonds. The standard InChI is InChI=1S/C11H12ClNO4/c1-7-3-11(13(15)16)10(12)5-8(7)4-9(14)6-17-2/h3,5H,4,6H2,1-2H3. The van der Waals surface area contributed by atoms with E-state index in [0.717, 1.165) is 0 Å². The fourth-order valence-corrected chi connectivity index (χ4v) is 1.72. The second kappa shape index (κ2) is 5.75. The van der Waals surface area contributed by atoms with E-state index in [1.54, 1.807) is 6.92 Å². The van der Waals surface area contributed by atoms with Gasteiger partial charge in [0.2, 0.25) is 0 Å². The minimum atomic E-state index is -0.546. The zero-order chi connectivity index (χ0) is 13.0. The molecule has 0 aliphatic heterocycles. The molecule has 0 unspecified atom stereocenters. The lowest BCUT2D eigenvalue weighted by Crippen LogP contribution is -2.10. The Hall–Kier alpha value is -1.46. The number of hydrogen-bond donors (Lipinski definition) is 0. The molecule has 0 N–H and O–H groups in total. The van der Waals surface area contributed by atoms with Crippen LogP contribution in [0.15, 0.2) is 12.1 Å². The Morgan fingerprint density at radius 2 is 2.18 bits per heavy atom. The number of benzene rings is 1. The van der Waals surface area contributed by atoms with Gasteiger partial charge in [0.25, 0.3) is 5.69 Å². The number of ether oxygens (including phenoxy) is 1.